The van der Waals surface area contributed by atoms with Crippen LogP contribution in [-0.4, -0.2) is 64.6 Å². The van der Waals surface area contributed by atoms with Crippen LogP contribution in [0.25, 0.3) is 11.0 Å². The SMILES string of the molecule is CCN(CC)C(=O)c1ccc(Cc2ccccc2OCCN2CCC(n3c(C)nc4ccccc43)CC2)cc1. The molecule has 3 aromatic carbocycles. The average Bonchev–Trinajstić information content (AvgIpc) is 3.31. The number of amides is 1. The third kappa shape index (κ3) is 6.17. The highest BCUT2D eigenvalue weighted by molar-refractivity contribution is 5.94. The molecular formula is C33H40N4O2. The van der Waals surface area contributed by atoms with Gasteiger partial charge in [0.25, 0.3) is 5.91 Å². The van der Waals surface area contributed by atoms with Crippen molar-refractivity contribution in [2.75, 3.05) is 39.3 Å². The van der Waals surface area contributed by atoms with Crippen LogP contribution in [0.15, 0.2) is 72.8 Å². The number of imidazole rings is 1. The Hall–Kier alpha value is -3.64. The van der Waals surface area contributed by atoms with E-state index in [1.54, 1.807) is 0 Å². The lowest BCUT2D eigenvalue weighted by atomic mass is 10.0. The highest BCUT2D eigenvalue weighted by Crippen LogP contribution is 2.29. The van der Waals surface area contributed by atoms with E-state index in [1.807, 2.05) is 36.9 Å². The van der Waals surface area contributed by atoms with Gasteiger partial charge >= 0.3 is 0 Å². The van der Waals surface area contributed by atoms with Crippen molar-refractivity contribution in [2.45, 2.75) is 46.1 Å². The molecule has 0 unspecified atom stereocenters. The number of rotatable bonds is 10. The van der Waals surface area contributed by atoms with Gasteiger partial charge in [-0.15, -0.1) is 0 Å². The number of ether oxygens (including phenoxy) is 1. The maximum atomic E-state index is 12.6. The van der Waals surface area contributed by atoms with Crippen molar-refractivity contribution < 1.29 is 9.53 Å². The molecule has 1 amide bonds. The number of carbonyl (C=O) groups is 1. The predicted molar refractivity (Wildman–Crippen MR) is 158 cm³/mol. The summed E-state index contributed by atoms with van der Waals surface area (Å²) in [6, 6.07) is 25.3. The number of fused-ring (bicyclic) bond motifs is 1. The Kier molecular flexibility index (Phi) is 8.62. The highest BCUT2D eigenvalue weighted by atomic mass is 16.5. The van der Waals surface area contributed by atoms with Crippen molar-refractivity contribution in [3.63, 3.8) is 0 Å². The van der Waals surface area contributed by atoms with Crippen molar-refractivity contribution in [1.82, 2.24) is 19.4 Å². The number of aromatic nitrogens is 2. The molecule has 204 valence electrons. The zero-order chi connectivity index (χ0) is 27.2. The molecule has 0 spiro atoms. The minimum atomic E-state index is 0.0906. The first-order valence-electron chi connectivity index (χ1n) is 14.3. The molecule has 6 heteroatoms. The van der Waals surface area contributed by atoms with Gasteiger partial charge < -0.3 is 14.2 Å². The molecular weight excluding hydrogens is 484 g/mol. The number of piperidine rings is 1. The van der Waals surface area contributed by atoms with Crippen molar-refractivity contribution >= 4 is 16.9 Å². The van der Waals surface area contributed by atoms with E-state index in [9.17, 15) is 4.79 Å². The lowest BCUT2D eigenvalue weighted by Gasteiger charge is -2.33. The van der Waals surface area contributed by atoms with Crippen LogP contribution in [0.2, 0.25) is 0 Å². The summed E-state index contributed by atoms with van der Waals surface area (Å²) in [6.45, 7) is 11.3. The molecule has 1 aliphatic rings. The second-order valence-electron chi connectivity index (χ2n) is 10.4. The summed E-state index contributed by atoms with van der Waals surface area (Å²) in [6.07, 6.45) is 3.04. The van der Waals surface area contributed by atoms with Gasteiger partial charge in [0.2, 0.25) is 0 Å². The number of likely N-dealkylation sites (tertiary alicyclic amines) is 1. The van der Waals surface area contributed by atoms with E-state index in [0.29, 0.717) is 12.6 Å². The van der Waals surface area contributed by atoms with Gasteiger partial charge in [-0.2, -0.15) is 0 Å². The maximum Gasteiger partial charge on any atom is 0.253 e. The molecule has 0 aliphatic carbocycles. The Labute approximate surface area is 232 Å². The number of nitrogens with zero attached hydrogens (tertiary/aromatic N) is 4. The molecule has 0 radical (unpaired) electrons. The molecule has 0 saturated carbocycles. The van der Waals surface area contributed by atoms with Crippen LogP contribution in [0.3, 0.4) is 0 Å². The number of carbonyl (C=O) groups excluding carboxylic acids is 1. The molecule has 1 aliphatic heterocycles. The second kappa shape index (κ2) is 12.5. The normalized spacial score (nSPS) is 14.5. The van der Waals surface area contributed by atoms with Crippen LogP contribution < -0.4 is 4.74 Å². The zero-order valence-corrected chi connectivity index (χ0v) is 23.5. The van der Waals surface area contributed by atoms with E-state index in [2.05, 4.69) is 71.0 Å². The quantitative estimate of drug-likeness (QED) is 0.250. The van der Waals surface area contributed by atoms with Gasteiger partial charge in [0.15, 0.2) is 0 Å². The average molecular weight is 525 g/mol. The summed E-state index contributed by atoms with van der Waals surface area (Å²) in [5.74, 6) is 2.14. The molecule has 5 rings (SSSR count). The summed E-state index contributed by atoms with van der Waals surface area (Å²) in [4.78, 5) is 21.8. The molecule has 6 nitrogen and oxygen atoms in total. The first-order valence-corrected chi connectivity index (χ1v) is 14.3. The lowest BCUT2D eigenvalue weighted by Crippen LogP contribution is -2.37. The van der Waals surface area contributed by atoms with Gasteiger partial charge in [0.05, 0.1) is 11.0 Å². The molecule has 0 atom stereocenters. The predicted octanol–water partition coefficient (Wildman–Crippen LogP) is 6.13. The van der Waals surface area contributed by atoms with Gasteiger partial charge in [-0.1, -0.05) is 42.5 Å². The van der Waals surface area contributed by atoms with Crippen molar-refractivity contribution in [3.8, 4) is 5.75 Å². The van der Waals surface area contributed by atoms with Gasteiger partial charge in [-0.3, -0.25) is 9.69 Å². The van der Waals surface area contributed by atoms with E-state index in [4.69, 9.17) is 9.72 Å². The zero-order valence-electron chi connectivity index (χ0n) is 23.5. The Bertz CT molecular complexity index is 1380. The molecule has 0 N–H and O–H groups in total. The van der Waals surface area contributed by atoms with Crippen LogP contribution in [0.1, 0.15) is 60.0 Å². The number of aryl methyl sites for hydroxylation is 1. The van der Waals surface area contributed by atoms with E-state index in [-0.39, 0.29) is 5.91 Å². The van der Waals surface area contributed by atoms with Crippen molar-refractivity contribution in [1.29, 1.82) is 0 Å². The minimum Gasteiger partial charge on any atom is -0.492 e. The fraction of sp³-hybridized carbons (Fsp3) is 0.394. The summed E-state index contributed by atoms with van der Waals surface area (Å²) < 4.78 is 8.73. The number of hydrogen-bond acceptors (Lipinski definition) is 4. The molecule has 4 aromatic rings. The van der Waals surface area contributed by atoms with E-state index < -0.39 is 0 Å². The number of benzene rings is 3. The van der Waals surface area contributed by atoms with E-state index in [1.165, 1.54) is 16.6 Å². The molecule has 0 bridgehead atoms. The van der Waals surface area contributed by atoms with E-state index >= 15 is 0 Å². The fourth-order valence-electron chi connectivity index (χ4n) is 5.78. The smallest absolute Gasteiger partial charge is 0.253 e. The van der Waals surface area contributed by atoms with Gasteiger partial charge in [0, 0.05) is 50.7 Å². The Balaban J connectivity index is 1.13. The third-order valence-corrected chi connectivity index (χ3v) is 7.98. The van der Waals surface area contributed by atoms with Gasteiger partial charge in [-0.05, 0) is 75.1 Å². The van der Waals surface area contributed by atoms with Crippen LogP contribution in [-0.2, 0) is 6.42 Å². The number of hydrogen-bond donors (Lipinski definition) is 0. The van der Waals surface area contributed by atoms with Crippen LogP contribution >= 0.6 is 0 Å². The van der Waals surface area contributed by atoms with Crippen molar-refractivity contribution in [2.24, 2.45) is 0 Å². The Morgan fingerprint density at radius 3 is 2.38 bits per heavy atom. The lowest BCUT2D eigenvalue weighted by molar-refractivity contribution is 0.0773. The molecule has 2 heterocycles. The fourth-order valence-corrected chi connectivity index (χ4v) is 5.78. The standard InChI is InChI=1S/C33H40N4O2/c1-4-36(5-2)33(38)27-16-14-26(15-17-27)24-28-10-6-9-13-32(28)39-23-22-35-20-18-29(19-21-35)37-25(3)34-30-11-7-8-12-31(30)37/h6-17,29H,4-5,18-24H2,1-3H3. The Morgan fingerprint density at radius 1 is 0.949 bits per heavy atom. The molecule has 39 heavy (non-hydrogen) atoms. The molecule has 1 saturated heterocycles. The minimum absolute atomic E-state index is 0.0906. The summed E-state index contributed by atoms with van der Waals surface area (Å²) in [7, 11) is 0. The first kappa shape index (κ1) is 26.9. The Morgan fingerprint density at radius 2 is 1.64 bits per heavy atom. The second-order valence-corrected chi connectivity index (χ2v) is 10.4. The van der Waals surface area contributed by atoms with E-state index in [0.717, 1.165) is 74.6 Å². The third-order valence-electron chi connectivity index (χ3n) is 7.98. The van der Waals surface area contributed by atoms with Crippen molar-refractivity contribution in [3.05, 3.63) is 95.3 Å². The number of para-hydroxylation sites is 3. The maximum absolute atomic E-state index is 12.6. The first-order chi connectivity index (χ1) is 19.1. The topological polar surface area (TPSA) is 50.6 Å². The summed E-state index contributed by atoms with van der Waals surface area (Å²) in [5, 5.41) is 0. The molecule has 1 fully saturated rings. The monoisotopic (exact) mass is 524 g/mol. The molecule has 1 aromatic heterocycles. The van der Waals surface area contributed by atoms with Crippen LogP contribution in [0, 0.1) is 6.92 Å². The highest BCUT2D eigenvalue weighted by Gasteiger charge is 2.23. The summed E-state index contributed by atoms with van der Waals surface area (Å²) >= 11 is 0. The largest absolute Gasteiger partial charge is 0.492 e. The van der Waals surface area contributed by atoms with Gasteiger partial charge in [0.1, 0.15) is 18.2 Å². The van der Waals surface area contributed by atoms with Crippen LogP contribution in [0.5, 0.6) is 5.75 Å². The van der Waals surface area contributed by atoms with Crippen LogP contribution in [0.4, 0.5) is 0 Å². The summed E-state index contributed by atoms with van der Waals surface area (Å²) in [5.41, 5.74) is 5.42. The van der Waals surface area contributed by atoms with Gasteiger partial charge in [-0.25, -0.2) is 4.98 Å².